The van der Waals surface area contributed by atoms with E-state index in [9.17, 15) is 5.11 Å². The Kier molecular flexibility index (Phi) is 10.0. The quantitative estimate of drug-likeness (QED) is 0.468. The van der Waals surface area contributed by atoms with Gasteiger partial charge < -0.3 is 9.67 Å². The first kappa shape index (κ1) is 19.7. The average Bonchev–Trinajstić information content (AvgIpc) is 3.15. The van der Waals surface area contributed by atoms with Gasteiger partial charge in [-0.2, -0.15) is 0 Å². The van der Waals surface area contributed by atoms with Crippen molar-refractivity contribution in [3.05, 3.63) is 54.6 Å². The topological polar surface area (TPSA) is 38.0 Å². The second kappa shape index (κ2) is 12.7. The summed E-state index contributed by atoms with van der Waals surface area (Å²) >= 11 is 0. The summed E-state index contributed by atoms with van der Waals surface area (Å²) in [6.45, 7) is 1.09. The van der Waals surface area contributed by atoms with E-state index in [0.717, 1.165) is 32.2 Å². The fraction of sp³-hybridized carbons (Fsp3) is 0.591. The minimum absolute atomic E-state index is 0.1000. The molecule has 0 aliphatic heterocycles. The predicted molar refractivity (Wildman–Crippen MR) is 105 cm³/mol. The summed E-state index contributed by atoms with van der Waals surface area (Å²) in [6.07, 6.45) is 18.6. The van der Waals surface area contributed by atoms with Crippen molar-refractivity contribution >= 4 is 0 Å². The summed E-state index contributed by atoms with van der Waals surface area (Å²) in [5.41, 5.74) is 1.41. The van der Waals surface area contributed by atoms with Gasteiger partial charge in [0.2, 0.25) is 0 Å². The van der Waals surface area contributed by atoms with Crippen LogP contribution in [0.3, 0.4) is 0 Å². The van der Waals surface area contributed by atoms with Crippen LogP contribution in [0.15, 0.2) is 49.1 Å². The third-order valence-corrected chi connectivity index (χ3v) is 4.86. The lowest BCUT2D eigenvalue weighted by Gasteiger charge is -2.10. The Hall–Kier alpha value is -1.61. The Bertz CT molecular complexity index is 524. The SMILES string of the molecule is OC(CCCCCCCCn1ccnc1)CCCCc1ccccc1. The molecule has 1 N–H and O–H groups in total. The van der Waals surface area contributed by atoms with E-state index in [1.165, 1.54) is 50.5 Å². The van der Waals surface area contributed by atoms with E-state index < -0.39 is 0 Å². The Morgan fingerprint density at radius 1 is 0.840 bits per heavy atom. The van der Waals surface area contributed by atoms with Crippen LogP contribution in [-0.4, -0.2) is 20.8 Å². The molecule has 0 radical (unpaired) electrons. The molecular formula is C22H34N2O. The molecule has 0 fully saturated rings. The third-order valence-electron chi connectivity index (χ3n) is 4.86. The minimum atomic E-state index is -0.1000. The summed E-state index contributed by atoms with van der Waals surface area (Å²) in [5, 5.41) is 10.1. The maximum atomic E-state index is 10.1. The highest BCUT2D eigenvalue weighted by Gasteiger charge is 2.04. The van der Waals surface area contributed by atoms with Gasteiger partial charge in [0.25, 0.3) is 0 Å². The van der Waals surface area contributed by atoms with Gasteiger partial charge in [-0.05, 0) is 37.7 Å². The smallest absolute Gasteiger partial charge is 0.0945 e. The molecule has 0 spiro atoms. The molecule has 0 aliphatic rings. The van der Waals surface area contributed by atoms with Gasteiger partial charge in [0.15, 0.2) is 0 Å². The van der Waals surface area contributed by atoms with Crippen molar-refractivity contribution in [2.45, 2.75) is 83.3 Å². The van der Waals surface area contributed by atoms with Gasteiger partial charge in [-0.15, -0.1) is 0 Å². The molecule has 0 saturated heterocycles. The van der Waals surface area contributed by atoms with Gasteiger partial charge in [0, 0.05) is 18.9 Å². The van der Waals surface area contributed by atoms with Crippen LogP contribution >= 0.6 is 0 Å². The molecule has 0 saturated carbocycles. The predicted octanol–water partition coefficient (Wildman–Crippen LogP) is 5.39. The number of hydrogen-bond acceptors (Lipinski definition) is 2. The first-order valence-corrected chi connectivity index (χ1v) is 10.0. The van der Waals surface area contributed by atoms with E-state index in [-0.39, 0.29) is 6.10 Å². The number of benzene rings is 1. The number of hydrogen-bond donors (Lipinski definition) is 1. The van der Waals surface area contributed by atoms with E-state index >= 15 is 0 Å². The van der Waals surface area contributed by atoms with Gasteiger partial charge >= 0.3 is 0 Å². The van der Waals surface area contributed by atoms with Crippen molar-refractivity contribution in [3.8, 4) is 0 Å². The number of imidazole rings is 1. The lowest BCUT2D eigenvalue weighted by Crippen LogP contribution is -2.06. The van der Waals surface area contributed by atoms with Gasteiger partial charge in [0.1, 0.15) is 0 Å². The van der Waals surface area contributed by atoms with Gasteiger partial charge in [-0.25, -0.2) is 4.98 Å². The van der Waals surface area contributed by atoms with E-state index in [1.54, 1.807) is 0 Å². The highest BCUT2D eigenvalue weighted by Crippen LogP contribution is 2.13. The Morgan fingerprint density at radius 2 is 1.52 bits per heavy atom. The second-order valence-corrected chi connectivity index (χ2v) is 7.10. The molecule has 0 bridgehead atoms. The van der Waals surface area contributed by atoms with Crippen molar-refractivity contribution < 1.29 is 5.11 Å². The van der Waals surface area contributed by atoms with Crippen molar-refractivity contribution in [1.82, 2.24) is 9.55 Å². The number of rotatable bonds is 14. The van der Waals surface area contributed by atoms with Gasteiger partial charge in [0.05, 0.1) is 12.4 Å². The lowest BCUT2D eigenvalue weighted by molar-refractivity contribution is 0.147. The number of nitrogens with zero attached hydrogens (tertiary/aromatic N) is 2. The summed E-state index contributed by atoms with van der Waals surface area (Å²) in [7, 11) is 0. The molecule has 1 aromatic heterocycles. The maximum Gasteiger partial charge on any atom is 0.0945 e. The minimum Gasteiger partial charge on any atom is -0.393 e. The molecule has 0 amide bonds. The van der Waals surface area contributed by atoms with E-state index in [0.29, 0.717) is 0 Å². The number of aryl methyl sites for hydroxylation is 2. The summed E-state index contributed by atoms with van der Waals surface area (Å²) in [4.78, 5) is 4.06. The van der Waals surface area contributed by atoms with E-state index in [2.05, 4.69) is 39.9 Å². The molecule has 0 aliphatic carbocycles. The van der Waals surface area contributed by atoms with Crippen LogP contribution in [0.5, 0.6) is 0 Å². The second-order valence-electron chi connectivity index (χ2n) is 7.10. The van der Waals surface area contributed by atoms with Crippen molar-refractivity contribution in [2.24, 2.45) is 0 Å². The van der Waals surface area contributed by atoms with E-state index in [1.807, 2.05) is 18.7 Å². The molecule has 1 unspecified atom stereocenters. The van der Waals surface area contributed by atoms with Crippen LogP contribution < -0.4 is 0 Å². The zero-order valence-electron chi connectivity index (χ0n) is 15.5. The van der Waals surface area contributed by atoms with Crippen LogP contribution in [-0.2, 0) is 13.0 Å². The summed E-state index contributed by atoms with van der Waals surface area (Å²) in [6, 6.07) is 10.6. The molecule has 1 atom stereocenters. The number of unbranched alkanes of at least 4 members (excludes halogenated alkanes) is 6. The normalized spacial score (nSPS) is 12.4. The number of aromatic nitrogens is 2. The molecule has 1 aromatic carbocycles. The van der Waals surface area contributed by atoms with Gasteiger partial charge in [-0.1, -0.05) is 68.9 Å². The zero-order chi connectivity index (χ0) is 17.6. The highest BCUT2D eigenvalue weighted by molar-refractivity contribution is 5.14. The number of aliphatic hydroxyl groups is 1. The standard InChI is InChI=1S/C22H34N2O/c25-22(16-10-9-14-21-12-6-5-7-13-21)15-8-3-1-2-4-11-18-24-19-17-23-20-24/h5-7,12-13,17,19-20,22,25H,1-4,8-11,14-16,18H2. The van der Waals surface area contributed by atoms with Crippen LogP contribution in [0.4, 0.5) is 0 Å². The molecule has 25 heavy (non-hydrogen) atoms. The average molecular weight is 343 g/mol. The molecule has 1 heterocycles. The monoisotopic (exact) mass is 342 g/mol. The number of aliphatic hydroxyl groups excluding tert-OH is 1. The van der Waals surface area contributed by atoms with Crippen LogP contribution in [0.1, 0.15) is 69.8 Å². The third kappa shape index (κ3) is 9.45. The first-order valence-electron chi connectivity index (χ1n) is 10.0. The largest absolute Gasteiger partial charge is 0.393 e. The summed E-state index contributed by atoms with van der Waals surface area (Å²) < 4.78 is 2.15. The first-order chi connectivity index (χ1) is 12.3. The molecule has 2 rings (SSSR count). The fourth-order valence-corrected chi connectivity index (χ4v) is 3.30. The van der Waals surface area contributed by atoms with Crippen molar-refractivity contribution in [2.75, 3.05) is 0 Å². The van der Waals surface area contributed by atoms with E-state index in [4.69, 9.17) is 0 Å². The Labute approximate surface area is 153 Å². The van der Waals surface area contributed by atoms with Crippen LogP contribution in [0, 0.1) is 0 Å². The molecule has 138 valence electrons. The summed E-state index contributed by atoms with van der Waals surface area (Å²) in [5.74, 6) is 0. The van der Waals surface area contributed by atoms with Crippen LogP contribution in [0.2, 0.25) is 0 Å². The molecule has 3 nitrogen and oxygen atoms in total. The van der Waals surface area contributed by atoms with Gasteiger partial charge in [-0.3, -0.25) is 0 Å². The lowest BCUT2D eigenvalue weighted by atomic mass is 10.0. The molecule has 3 heteroatoms. The fourth-order valence-electron chi connectivity index (χ4n) is 3.30. The van der Waals surface area contributed by atoms with Crippen molar-refractivity contribution in [3.63, 3.8) is 0 Å². The highest BCUT2D eigenvalue weighted by atomic mass is 16.3. The van der Waals surface area contributed by atoms with Crippen molar-refractivity contribution in [1.29, 1.82) is 0 Å². The molecular weight excluding hydrogens is 308 g/mol. The Morgan fingerprint density at radius 3 is 2.24 bits per heavy atom. The molecule has 2 aromatic rings. The maximum absolute atomic E-state index is 10.1. The van der Waals surface area contributed by atoms with Crippen LogP contribution in [0.25, 0.3) is 0 Å². The zero-order valence-corrected chi connectivity index (χ0v) is 15.5. The Balaban J connectivity index is 1.35.